The van der Waals surface area contributed by atoms with Crippen molar-refractivity contribution in [1.29, 1.82) is 0 Å². The van der Waals surface area contributed by atoms with Crippen LogP contribution in [0, 0.1) is 6.92 Å². The number of anilines is 1. The predicted molar refractivity (Wildman–Crippen MR) is 80.2 cm³/mol. The molecule has 2 N–H and O–H groups in total. The molecule has 0 aliphatic rings. The number of nitrogens with zero attached hydrogens (tertiary/aromatic N) is 1. The molecule has 0 spiro atoms. The zero-order valence-corrected chi connectivity index (χ0v) is 11.9. The van der Waals surface area contributed by atoms with Crippen molar-refractivity contribution >= 4 is 5.69 Å². The highest BCUT2D eigenvalue weighted by Crippen LogP contribution is 2.26. The Bertz CT molecular complexity index is 553. The van der Waals surface area contributed by atoms with E-state index in [1.54, 1.807) is 12.1 Å². The van der Waals surface area contributed by atoms with Gasteiger partial charge in [0.1, 0.15) is 11.5 Å². The molecule has 0 saturated heterocycles. The first-order valence-corrected chi connectivity index (χ1v) is 6.80. The highest BCUT2D eigenvalue weighted by molar-refractivity contribution is 5.57. The highest BCUT2D eigenvalue weighted by atomic mass is 16.5. The maximum atomic E-state index is 9.21. The van der Waals surface area contributed by atoms with Crippen LogP contribution in [0.15, 0.2) is 36.5 Å². The molecule has 0 aliphatic heterocycles. The second-order valence-electron chi connectivity index (χ2n) is 4.71. The molecule has 1 aromatic heterocycles. The van der Waals surface area contributed by atoms with Crippen molar-refractivity contribution in [3.05, 3.63) is 47.8 Å². The summed E-state index contributed by atoms with van der Waals surface area (Å²) in [6.45, 7) is 5.43. The number of hydrogen-bond acceptors (Lipinski definition) is 4. The van der Waals surface area contributed by atoms with Crippen molar-refractivity contribution in [3.8, 4) is 11.5 Å². The Labute approximate surface area is 119 Å². The largest absolute Gasteiger partial charge is 0.506 e. The number of hydrogen-bond donors (Lipinski definition) is 2. The third-order valence-electron chi connectivity index (χ3n) is 2.87. The van der Waals surface area contributed by atoms with E-state index < -0.39 is 0 Å². The summed E-state index contributed by atoms with van der Waals surface area (Å²) in [4.78, 5) is 4.15. The topological polar surface area (TPSA) is 54.4 Å². The first-order valence-electron chi connectivity index (χ1n) is 6.80. The van der Waals surface area contributed by atoms with Crippen LogP contribution >= 0.6 is 0 Å². The van der Waals surface area contributed by atoms with E-state index in [1.807, 2.05) is 25.1 Å². The van der Waals surface area contributed by atoms with E-state index in [0.717, 1.165) is 23.6 Å². The van der Waals surface area contributed by atoms with Gasteiger partial charge in [-0.15, -0.1) is 0 Å². The Balaban J connectivity index is 2.06. The van der Waals surface area contributed by atoms with Crippen LogP contribution < -0.4 is 10.1 Å². The van der Waals surface area contributed by atoms with Gasteiger partial charge in [0.15, 0.2) is 0 Å². The van der Waals surface area contributed by atoms with Gasteiger partial charge in [0.2, 0.25) is 0 Å². The van der Waals surface area contributed by atoms with E-state index in [0.29, 0.717) is 13.2 Å². The minimum absolute atomic E-state index is 0.177. The molecule has 0 atom stereocenters. The van der Waals surface area contributed by atoms with E-state index in [4.69, 9.17) is 4.74 Å². The van der Waals surface area contributed by atoms with Gasteiger partial charge in [0, 0.05) is 0 Å². The number of benzene rings is 1. The number of aryl methyl sites for hydroxylation is 1. The quantitative estimate of drug-likeness (QED) is 0.845. The van der Waals surface area contributed by atoms with Gasteiger partial charge in [-0.3, -0.25) is 4.98 Å². The van der Waals surface area contributed by atoms with Crippen LogP contribution in [0.3, 0.4) is 0 Å². The van der Waals surface area contributed by atoms with Gasteiger partial charge in [0.25, 0.3) is 0 Å². The first kappa shape index (κ1) is 14.2. The third kappa shape index (κ3) is 3.88. The molecule has 2 aromatic rings. The fourth-order valence-electron chi connectivity index (χ4n) is 1.81. The van der Waals surface area contributed by atoms with Gasteiger partial charge in [-0.25, -0.2) is 0 Å². The highest BCUT2D eigenvalue weighted by Gasteiger charge is 2.04. The van der Waals surface area contributed by atoms with Crippen molar-refractivity contribution < 1.29 is 9.84 Å². The van der Waals surface area contributed by atoms with Crippen molar-refractivity contribution in [2.45, 2.75) is 26.8 Å². The lowest BCUT2D eigenvalue weighted by Gasteiger charge is -2.13. The molecule has 4 nitrogen and oxygen atoms in total. The minimum atomic E-state index is 0.177. The molecule has 0 bridgehead atoms. The van der Waals surface area contributed by atoms with Crippen LogP contribution in [0.25, 0.3) is 0 Å². The smallest absolute Gasteiger partial charge is 0.142 e. The zero-order chi connectivity index (χ0) is 14.4. The Morgan fingerprint density at radius 3 is 2.80 bits per heavy atom. The number of ether oxygens (including phenoxy) is 1. The third-order valence-corrected chi connectivity index (χ3v) is 2.87. The Hall–Kier alpha value is -2.23. The second-order valence-corrected chi connectivity index (χ2v) is 4.71. The molecule has 1 heterocycles. The maximum Gasteiger partial charge on any atom is 0.142 e. The van der Waals surface area contributed by atoms with Gasteiger partial charge < -0.3 is 15.2 Å². The molecule has 0 aliphatic carbocycles. The molecule has 0 amide bonds. The fraction of sp³-hybridized carbons (Fsp3) is 0.312. The summed E-state index contributed by atoms with van der Waals surface area (Å²) in [5.74, 6) is 1.04. The van der Waals surface area contributed by atoms with E-state index in [2.05, 4.69) is 17.2 Å². The summed E-state index contributed by atoms with van der Waals surface area (Å²) in [7, 11) is 0. The SMILES string of the molecule is CCCOc1cc(C)ccc1NCc1ccc(O)cn1. The van der Waals surface area contributed by atoms with Gasteiger partial charge in [-0.05, 0) is 43.2 Å². The number of aromatic nitrogens is 1. The molecular formula is C16H20N2O2. The molecule has 4 heteroatoms. The first-order chi connectivity index (χ1) is 9.69. The van der Waals surface area contributed by atoms with E-state index in [-0.39, 0.29) is 5.75 Å². The molecule has 0 unspecified atom stereocenters. The fourth-order valence-corrected chi connectivity index (χ4v) is 1.81. The van der Waals surface area contributed by atoms with Crippen LogP contribution in [0.1, 0.15) is 24.6 Å². The normalized spacial score (nSPS) is 10.3. The average molecular weight is 272 g/mol. The van der Waals surface area contributed by atoms with Gasteiger partial charge >= 0.3 is 0 Å². The van der Waals surface area contributed by atoms with Crippen LogP contribution in [0.4, 0.5) is 5.69 Å². The standard InChI is InChI=1S/C16H20N2O2/c1-3-8-20-16-9-12(2)4-7-15(16)18-10-13-5-6-14(19)11-17-13/h4-7,9,11,18-19H,3,8,10H2,1-2H3. The summed E-state index contributed by atoms with van der Waals surface area (Å²) >= 11 is 0. The van der Waals surface area contributed by atoms with Gasteiger partial charge in [-0.2, -0.15) is 0 Å². The van der Waals surface area contributed by atoms with Crippen LogP contribution in [-0.2, 0) is 6.54 Å². The summed E-state index contributed by atoms with van der Waals surface area (Å²) in [5.41, 5.74) is 2.99. The van der Waals surface area contributed by atoms with Gasteiger partial charge in [0.05, 0.1) is 30.7 Å². The number of rotatable bonds is 6. The second kappa shape index (κ2) is 6.80. The molecule has 0 saturated carbocycles. The van der Waals surface area contributed by atoms with Crippen molar-refractivity contribution in [1.82, 2.24) is 4.98 Å². The Kier molecular flexibility index (Phi) is 4.82. The molecule has 2 rings (SSSR count). The lowest BCUT2D eigenvalue weighted by molar-refractivity contribution is 0.318. The van der Waals surface area contributed by atoms with E-state index >= 15 is 0 Å². The summed E-state index contributed by atoms with van der Waals surface area (Å²) in [5, 5.41) is 12.5. The zero-order valence-electron chi connectivity index (χ0n) is 11.9. The van der Waals surface area contributed by atoms with Crippen LogP contribution in [0.5, 0.6) is 11.5 Å². The van der Waals surface area contributed by atoms with Gasteiger partial charge in [-0.1, -0.05) is 13.0 Å². The van der Waals surface area contributed by atoms with Crippen molar-refractivity contribution in [2.75, 3.05) is 11.9 Å². The molecule has 0 radical (unpaired) electrons. The Morgan fingerprint density at radius 2 is 2.10 bits per heavy atom. The minimum Gasteiger partial charge on any atom is -0.506 e. The molecule has 106 valence electrons. The average Bonchev–Trinajstić information content (AvgIpc) is 2.46. The van der Waals surface area contributed by atoms with Crippen molar-refractivity contribution in [2.24, 2.45) is 0 Å². The summed E-state index contributed by atoms with van der Waals surface area (Å²) in [6.07, 6.45) is 2.42. The molecular weight excluding hydrogens is 252 g/mol. The molecule has 20 heavy (non-hydrogen) atoms. The number of nitrogens with one attached hydrogen (secondary N) is 1. The number of pyridine rings is 1. The maximum absolute atomic E-state index is 9.21. The lowest BCUT2D eigenvalue weighted by Crippen LogP contribution is -2.04. The lowest BCUT2D eigenvalue weighted by atomic mass is 10.2. The Morgan fingerprint density at radius 1 is 1.25 bits per heavy atom. The number of aromatic hydroxyl groups is 1. The van der Waals surface area contributed by atoms with Crippen LogP contribution in [-0.4, -0.2) is 16.7 Å². The van der Waals surface area contributed by atoms with E-state index in [9.17, 15) is 5.11 Å². The van der Waals surface area contributed by atoms with E-state index in [1.165, 1.54) is 11.8 Å². The summed E-state index contributed by atoms with van der Waals surface area (Å²) in [6, 6.07) is 9.52. The monoisotopic (exact) mass is 272 g/mol. The van der Waals surface area contributed by atoms with Crippen molar-refractivity contribution in [3.63, 3.8) is 0 Å². The predicted octanol–water partition coefficient (Wildman–Crippen LogP) is 3.50. The summed E-state index contributed by atoms with van der Waals surface area (Å²) < 4.78 is 5.75. The molecule has 0 fully saturated rings. The molecule has 1 aromatic carbocycles. The van der Waals surface area contributed by atoms with Crippen LogP contribution in [0.2, 0.25) is 0 Å².